The number of hydrogen-bond acceptors (Lipinski definition) is 7. The number of H-pyrrole nitrogens is 1. The van der Waals surface area contributed by atoms with Crippen LogP contribution < -0.4 is 5.49 Å². The van der Waals surface area contributed by atoms with Crippen molar-refractivity contribution in [1.82, 2.24) is 19.5 Å². The predicted molar refractivity (Wildman–Crippen MR) is 60.7 cm³/mol. The molecule has 2 aromatic rings. The van der Waals surface area contributed by atoms with Gasteiger partial charge in [-0.25, -0.2) is 9.97 Å². The fourth-order valence-corrected chi connectivity index (χ4v) is 2.06. The maximum absolute atomic E-state index is 10.0. The summed E-state index contributed by atoms with van der Waals surface area (Å²) in [4.78, 5) is 10.0. The number of ether oxygens (including phenoxy) is 1. The van der Waals surface area contributed by atoms with Gasteiger partial charge in [-0.05, 0) is 0 Å². The minimum Gasteiger partial charge on any atom is -0.394 e. The van der Waals surface area contributed by atoms with Crippen LogP contribution in [0, 0.1) is 5.41 Å². The normalized spacial score (nSPS) is 32.6. The molecule has 9 nitrogen and oxygen atoms in total. The van der Waals surface area contributed by atoms with Gasteiger partial charge in [0.15, 0.2) is 17.4 Å². The smallest absolute Gasteiger partial charge is 0.167 e. The van der Waals surface area contributed by atoms with Crippen molar-refractivity contribution < 1.29 is 22.8 Å². The highest BCUT2D eigenvalue weighted by Crippen LogP contribution is 2.30. The molecule has 0 unspecified atom stereocenters. The molecule has 1 saturated heterocycles. The predicted octanol–water partition coefficient (Wildman–Crippen LogP) is -2.15. The minimum absolute atomic E-state index is 0.0172. The average Bonchev–Trinajstić information content (AvgIpc) is 2.89. The highest BCUT2D eigenvalue weighted by Gasteiger charge is 2.43. The molecule has 0 radical (unpaired) electrons. The molecule has 2 aromatic heterocycles. The van der Waals surface area contributed by atoms with Crippen molar-refractivity contribution in [1.29, 1.82) is 5.41 Å². The Morgan fingerprint density at radius 1 is 1.47 bits per heavy atom. The van der Waals surface area contributed by atoms with Crippen molar-refractivity contribution in [3.05, 3.63) is 18.1 Å². The zero-order valence-electron chi connectivity index (χ0n) is 11.6. The minimum atomic E-state index is -1.39. The van der Waals surface area contributed by atoms with Crippen LogP contribution in [0.25, 0.3) is 11.2 Å². The van der Waals surface area contributed by atoms with E-state index in [1.54, 1.807) is 0 Å². The molecule has 3 rings (SSSR count). The maximum atomic E-state index is 10.0. The molecule has 5 N–H and O–H groups in total. The summed E-state index contributed by atoms with van der Waals surface area (Å²) in [5, 5.41) is 36.5. The first-order valence-electron chi connectivity index (χ1n) is 6.56. The molecule has 4 atom stereocenters. The van der Waals surface area contributed by atoms with E-state index in [9.17, 15) is 10.2 Å². The quantitative estimate of drug-likeness (QED) is 0.421. The van der Waals surface area contributed by atoms with E-state index < -0.39 is 31.1 Å². The van der Waals surface area contributed by atoms with Crippen molar-refractivity contribution in [3.63, 3.8) is 0 Å². The number of imidazole rings is 1. The Bertz CT molecular complexity index is 747. The number of aromatic amines is 1. The maximum Gasteiger partial charge on any atom is 0.167 e. The van der Waals surface area contributed by atoms with E-state index in [-0.39, 0.29) is 29.3 Å². The van der Waals surface area contributed by atoms with Crippen LogP contribution in [-0.2, 0) is 4.74 Å². The first kappa shape index (κ1) is 10.0. The number of nitrogens with one attached hydrogen (secondary N) is 2. The van der Waals surface area contributed by atoms with Crippen LogP contribution in [-0.4, -0.2) is 59.8 Å². The molecule has 0 saturated carbocycles. The lowest BCUT2D eigenvalue weighted by Crippen LogP contribution is -2.33. The SMILES string of the molecule is [2H]c1nc2c(nc([2H])n2[C@@H]2O[C@H](CO)[C@H](O)[C@H]2O)c(=N)[nH]1. The van der Waals surface area contributed by atoms with E-state index >= 15 is 0 Å². The van der Waals surface area contributed by atoms with Crippen LogP contribution >= 0.6 is 0 Å². The first-order valence-corrected chi connectivity index (χ1v) is 5.56. The third-order valence-corrected chi connectivity index (χ3v) is 3.06. The first-order chi connectivity index (χ1) is 9.93. The van der Waals surface area contributed by atoms with Crippen molar-refractivity contribution in [2.75, 3.05) is 6.61 Å². The van der Waals surface area contributed by atoms with Crippen LogP contribution in [0.5, 0.6) is 0 Å². The summed E-state index contributed by atoms with van der Waals surface area (Å²) in [7, 11) is 0. The summed E-state index contributed by atoms with van der Waals surface area (Å²) >= 11 is 0. The number of rotatable bonds is 2. The Balaban J connectivity index is 2.17. The van der Waals surface area contributed by atoms with Crippen LogP contribution in [0.2, 0.25) is 0 Å². The summed E-state index contributed by atoms with van der Waals surface area (Å²) in [5.74, 6) is 0. The van der Waals surface area contributed by atoms with Gasteiger partial charge in [0.2, 0.25) is 0 Å². The largest absolute Gasteiger partial charge is 0.394 e. The molecule has 102 valence electrons. The van der Waals surface area contributed by atoms with Crippen LogP contribution in [0.4, 0.5) is 0 Å². The number of aromatic nitrogens is 4. The topological polar surface area (TPSA) is 140 Å². The van der Waals surface area contributed by atoms with Crippen LogP contribution in [0.15, 0.2) is 12.6 Å². The van der Waals surface area contributed by atoms with E-state index in [1.807, 2.05) is 0 Å². The number of aliphatic hydroxyl groups is 3. The van der Waals surface area contributed by atoms with Gasteiger partial charge in [0, 0.05) is 0 Å². The molecular formula is C10H13N5O4. The number of nitrogens with zero attached hydrogens (tertiary/aromatic N) is 3. The Morgan fingerprint density at radius 3 is 2.95 bits per heavy atom. The van der Waals surface area contributed by atoms with Crippen LogP contribution in [0.1, 0.15) is 8.97 Å². The highest BCUT2D eigenvalue weighted by atomic mass is 16.6. The van der Waals surface area contributed by atoms with Gasteiger partial charge in [-0.2, -0.15) is 0 Å². The summed E-state index contributed by atoms with van der Waals surface area (Å²) in [6.45, 7) is -0.497. The van der Waals surface area contributed by atoms with Gasteiger partial charge in [-0.1, -0.05) is 0 Å². The lowest BCUT2D eigenvalue weighted by molar-refractivity contribution is -0.0511. The highest BCUT2D eigenvalue weighted by molar-refractivity contribution is 5.68. The van der Waals surface area contributed by atoms with Crippen molar-refractivity contribution in [2.24, 2.45) is 0 Å². The Morgan fingerprint density at radius 2 is 2.26 bits per heavy atom. The third-order valence-electron chi connectivity index (χ3n) is 3.06. The second-order valence-corrected chi connectivity index (χ2v) is 4.21. The standard InChI is InChI=1S/C10H13N5O4/c11-8-5-9(13-2-12-8)15(3-14-5)10-7(18)6(17)4(1-16)19-10/h2-4,6-7,10,16-18H,1H2,(H2,11,12,13)/t4-,6+,7-,10-/m1/s1/i2D,3D. The summed E-state index contributed by atoms with van der Waals surface area (Å²) < 4.78 is 21.7. The van der Waals surface area contributed by atoms with Gasteiger partial charge < -0.3 is 25.0 Å². The molecule has 0 aromatic carbocycles. The fourth-order valence-electron chi connectivity index (χ4n) is 2.06. The summed E-state index contributed by atoms with van der Waals surface area (Å²) in [6.07, 6.45) is -5.53. The third kappa shape index (κ3) is 1.75. The van der Waals surface area contributed by atoms with E-state index in [2.05, 4.69) is 15.0 Å². The second kappa shape index (κ2) is 4.38. The molecule has 1 aliphatic heterocycles. The summed E-state index contributed by atoms with van der Waals surface area (Å²) in [5.41, 5.74) is -0.124. The Kier molecular flexibility index (Phi) is 2.32. The number of fused-ring (bicyclic) bond motifs is 1. The lowest BCUT2D eigenvalue weighted by Gasteiger charge is -2.16. The summed E-state index contributed by atoms with van der Waals surface area (Å²) in [6, 6.07) is 0. The van der Waals surface area contributed by atoms with E-state index in [1.165, 1.54) is 0 Å². The average molecular weight is 269 g/mol. The van der Waals surface area contributed by atoms with Gasteiger partial charge in [-0.3, -0.25) is 9.98 Å². The number of aliphatic hydroxyl groups excluding tert-OH is 3. The van der Waals surface area contributed by atoms with Crippen LogP contribution in [0.3, 0.4) is 0 Å². The monoisotopic (exact) mass is 269 g/mol. The molecule has 0 bridgehead atoms. The second-order valence-electron chi connectivity index (χ2n) is 4.21. The molecule has 0 spiro atoms. The molecule has 1 aliphatic rings. The van der Waals surface area contributed by atoms with Crippen molar-refractivity contribution in [3.8, 4) is 0 Å². The van der Waals surface area contributed by atoms with Crippen molar-refractivity contribution in [2.45, 2.75) is 24.5 Å². The molecule has 1 fully saturated rings. The van der Waals surface area contributed by atoms with Gasteiger partial charge in [0.25, 0.3) is 0 Å². The van der Waals surface area contributed by atoms with E-state index in [4.69, 9.17) is 18.0 Å². The Hall–Kier alpha value is -1.81. The zero-order valence-corrected chi connectivity index (χ0v) is 9.61. The van der Waals surface area contributed by atoms with Gasteiger partial charge in [0.05, 0.1) is 19.2 Å². The molecule has 0 amide bonds. The Labute approximate surface area is 109 Å². The van der Waals surface area contributed by atoms with E-state index in [0.29, 0.717) is 0 Å². The van der Waals surface area contributed by atoms with Crippen molar-refractivity contribution >= 4 is 11.2 Å². The molecule has 3 heterocycles. The number of hydrogen-bond donors (Lipinski definition) is 5. The van der Waals surface area contributed by atoms with Gasteiger partial charge >= 0.3 is 0 Å². The van der Waals surface area contributed by atoms with Gasteiger partial charge in [-0.15, -0.1) is 0 Å². The molecule has 9 heteroatoms. The molecule has 0 aliphatic carbocycles. The van der Waals surface area contributed by atoms with E-state index in [0.717, 1.165) is 4.57 Å². The fraction of sp³-hybridized carbons (Fsp3) is 0.500. The lowest BCUT2D eigenvalue weighted by atomic mass is 10.1. The van der Waals surface area contributed by atoms with Gasteiger partial charge in [0.1, 0.15) is 26.6 Å². The molecular weight excluding hydrogens is 254 g/mol. The zero-order chi connectivity index (χ0) is 15.3. The molecule has 19 heavy (non-hydrogen) atoms.